The number of anilines is 1. The Kier molecular flexibility index (Phi) is 5.10. The van der Waals surface area contributed by atoms with Crippen LogP contribution in [0.15, 0.2) is 30.0 Å². The molecule has 0 heterocycles. The van der Waals surface area contributed by atoms with Crippen LogP contribution in [-0.2, 0) is 16.2 Å². The van der Waals surface area contributed by atoms with E-state index in [1.807, 2.05) is 0 Å². The van der Waals surface area contributed by atoms with Crippen LogP contribution >= 0.6 is 22.6 Å². The monoisotopic (exact) mass is 363 g/mol. The van der Waals surface area contributed by atoms with Gasteiger partial charge in [-0.2, -0.15) is 0 Å². The molecule has 0 bridgehead atoms. The molecule has 7 heteroatoms. The highest BCUT2D eigenvalue weighted by Gasteiger charge is 2.15. The average Bonchev–Trinajstić information content (AvgIpc) is 2.30. The second-order valence-corrected chi connectivity index (χ2v) is 4.52. The van der Waals surface area contributed by atoms with Gasteiger partial charge in [-0.15, -0.1) is 0 Å². The molecule has 18 heavy (non-hydrogen) atoms. The summed E-state index contributed by atoms with van der Waals surface area (Å²) in [5, 5.41) is 29.0. The van der Waals surface area contributed by atoms with Crippen LogP contribution in [-0.4, -0.2) is 27.3 Å². The summed E-state index contributed by atoms with van der Waals surface area (Å²) in [6.45, 7) is -0.234. The molecule has 0 saturated carbocycles. The van der Waals surface area contributed by atoms with E-state index >= 15 is 0 Å². The smallest absolute Gasteiger partial charge is 0.344 e. The fourth-order valence-electron chi connectivity index (χ4n) is 1.20. The maximum atomic E-state index is 10.6. The van der Waals surface area contributed by atoms with Crippen molar-refractivity contribution < 1.29 is 24.9 Å². The Hall–Kier alpha value is -1.61. The van der Waals surface area contributed by atoms with Gasteiger partial charge in [0.05, 0.1) is 6.61 Å². The molecule has 0 aliphatic carbocycles. The van der Waals surface area contributed by atoms with Crippen LogP contribution in [0.5, 0.6) is 0 Å². The Morgan fingerprint density at radius 2 is 1.89 bits per heavy atom. The Balaban J connectivity index is 3.01. The van der Waals surface area contributed by atoms with Gasteiger partial charge in [-0.25, -0.2) is 9.59 Å². The maximum Gasteiger partial charge on any atom is 0.344 e. The van der Waals surface area contributed by atoms with Gasteiger partial charge in [-0.05, 0) is 40.8 Å². The molecule has 6 nitrogen and oxygen atoms in total. The van der Waals surface area contributed by atoms with E-state index < -0.39 is 17.5 Å². The SMILES string of the molecule is O=C(O)C(=CNc1ccc(I)cc1CO)C(=O)O. The highest BCUT2D eigenvalue weighted by molar-refractivity contribution is 14.1. The molecule has 0 atom stereocenters. The number of benzene rings is 1. The van der Waals surface area contributed by atoms with Crippen molar-refractivity contribution in [3.63, 3.8) is 0 Å². The number of aliphatic hydroxyl groups excluding tert-OH is 1. The number of aliphatic carboxylic acids is 2. The van der Waals surface area contributed by atoms with E-state index in [-0.39, 0.29) is 6.61 Å². The predicted molar refractivity (Wildman–Crippen MR) is 72.1 cm³/mol. The number of hydrogen-bond donors (Lipinski definition) is 4. The Bertz CT molecular complexity index is 496. The normalized spacial score (nSPS) is 9.67. The lowest BCUT2D eigenvalue weighted by atomic mass is 10.2. The minimum Gasteiger partial charge on any atom is -0.477 e. The van der Waals surface area contributed by atoms with E-state index in [2.05, 4.69) is 27.9 Å². The lowest BCUT2D eigenvalue weighted by molar-refractivity contribution is -0.140. The number of halogens is 1. The molecule has 1 aromatic rings. The van der Waals surface area contributed by atoms with Crippen molar-refractivity contribution in [1.82, 2.24) is 0 Å². The summed E-state index contributed by atoms with van der Waals surface area (Å²) in [6.07, 6.45) is 0.881. The molecule has 0 saturated heterocycles. The highest BCUT2D eigenvalue weighted by Crippen LogP contribution is 2.19. The minimum absolute atomic E-state index is 0.234. The first-order valence-electron chi connectivity index (χ1n) is 4.78. The van der Waals surface area contributed by atoms with Crippen molar-refractivity contribution in [2.45, 2.75) is 6.61 Å². The van der Waals surface area contributed by atoms with Crippen LogP contribution in [0.1, 0.15) is 5.56 Å². The van der Waals surface area contributed by atoms with Crippen molar-refractivity contribution in [2.24, 2.45) is 0 Å². The molecule has 1 rings (SSSR count). The quantitative estimate of drug-likeness (QED) is 0.272. The van der Waals surface area contributed by atoms with E-state index in [1.165, 1.54) is 0 Å². The molecular formula is C11H10INO5. The molecule has 0 fully saturated rings. The van der Waals surface area contributed by atoms with Crippen LogP contribution in [0, 0.1) is 3.57 Å². The van der Waals surface area contributed by atoms with Gasteiger partial charge in [0.15, 0.2) is 5.57 Å². The molecule has 4 N–H and O–H groups in total. The number of aliphatic hydroxyl groups is 1. The zero-order chi connectivity index (χ0) is 13.7. The number of carboxylic acids is 2. The van der Waals surface area contributed by atoms with Gasteiger partial charge >= 0.3 is 11.9 Å². The highest BCUT2D eigenvalue weighted by atomic mass is 127. The number of hydrogen-bond acceptors (Lipinski definition) is 4. The fourth-order valence-corrected chi connectivity index (χ4v) is 1.75. The zero-order valence-corrected chi connectivity index (χ0v) is 11.2. The van der Waals surface area contributed by atoms with Gasteiger partial charge in [-0.1, -0.05) is 0 Å². The molecule has 0 aliphatic heterocycles. The largest absolute Gasteiger partial charge is 0.477 e. The number of carbonyl (C=O) groups is 2. The topological polar surface area (TPSA) is 107 Å². The van der Waals surface area contributed by atoms with Crippen LogP contribution in [0.3, 0.4) is 0 Å². The van der Waals surface area contributed by atoms with Gasteiger partial charge in [0.1, 0.15) is 0 Å². The Morgan fingerprint density at radius 3 is 2.39 bits per heavy atom. The Labute approximate surface area is 116 Å². The number of rotatable bonds is 5. The van der Waals surface area contributed by atoms with Crippen LogP contribution in [0.4, 0.5) is 5.69 Å². The van der Waals surface area contributed by atoms with Gasteiger partial charge in [0.25, 0.3) is 0 Å². The first-order valence-corrected chi connectivity index (χ1v) is 5.86. The maximum absolute atomic E-state index is 10.6. The summed E-state index contributed by atoms with van der Waals surface area (Å²) >= 11 is 2.07. The van der Waals surface area contributed by atoms with Crippen LogP contribution in [0.2, 0.25) is 0 Å². The molecule has 0 aromatic heterocycles. The lowest BCUT2D eigenvalue weighted by Gasteiger charge is -2.08. The van der Waals surface area contributed by atoms with Crippen LogP contribution < -0.4 is 5.32 Å². The van der Waals surface area contributed by atoms with Crippen molar-refractivity contribution in [2.75, 3.05) is 5.32 Å². The number of nitrogens with one attached hydrogen (secondary N) is 1. The summed E-state index contributed by atoms with van der Waals surface area (Å²) in [5.41, 5.74) is 0.226. The standard InChI is InChI=1S/C11H10INO5/c12-7-1-2-9(6(3-7)5-14)13-4-8(10(15)16)11(17)18/h1-4,13-14H,5H2,(H,15,16)(H,17,18). The molecule has 96 valence electrons. The summed E-state index contributed by atoms with van der Waals surface area (Å²) in [5.74, 6) is -3.07. The van der Waals surface area contributed by atoms with Crippen molar-refractivity contribution in [1.29, 1.82) is 0 Å². The second kappa shape index (κ2) is 6.36. The third-order valence-electron chi connectivity index (χ3n) is 2.07. The van der Waals surface area contributed by atoms with Crippen LogP contribution in [0.25, 0.3) is 0 Å². The molecule has 0 aliphatic rings. The lowest BCUT2D eigenvalue weighted by Crippen LogP contribution is -2.13. The summed E-state index contributed by atoms with van der Waals surface area (Å²) < 4.78 is 0.905. The summed E-state index contributed by atoms with van der Waals surface area (Å²) in [7, 11) is 0. The van der Waals surface area contributed by atoms with E-state index in [9.17, 15) is 9.59 Å². The van der Waals surface area contributed by atoms with Crippen molar-refractivity contribution in [3.8, 4) is 0 Å². The molecule has 0 unspecified atom stereocenters. The third kappa shape index (κ3) is 3.70. The van der Waals surface area contributed by atoms with Gasteiger partial charge in [-0.3, -0.25) is 0 Å². The Morgan fingerprint density at radius 1 is 1.28 bits per heavy atom. The summed E-state index contributed by atoms with van der Waals surface area (Å²) in [6, 6.07) is 5.08. The first kappa shape index (κ1) is 14.5. The second-order valence-electron chi connectivity index (χ2n) is 3.27. The van der Waals surface area contributed by atoms with E-state index in [4.69, 9.17) is 15.3 Å². The van der Waals surface area contributed by atoms with Gasteiger partial charge in [0, 0.05) is 21.0 Å². The van der Waals surface area contributed by atoms with Gasteiger partial charge < -0.3 is 20.6 Å². The number of carboxylic acid groups (broad SMARTS) is 2. The fraction of sp³-hybridized carbons (Fsp3) is 0.0909. The minimum atomic E-state index is -1.54. The van der Waals surface area contributed by atoms with Crippen molar-refractivity contribution >= 4 is 40.2 Å². The zero-order valence-electron chi connectivity index (χ0n) is 9.05. The third-order valence-corrected chi connectivity index (χ3v) is 2.74. The summed E-state index contributed by atoms with van der Waals surface area (Å²) in [4.78, 5) is 21.3. The first-order chi connectivity index (χ1) is 8.45. The predicted octanol–water partition coefficient (Wildman–Crippen LogP) is 1.25. The van der Waals surface area contributed by atoms with Crippen molar-refractivity contribution in [3.05, 3.63) is 39.1 Å². The van der Waals surface area contributed by atoms with E-state index in [0.29, 0.717) is 11.3 Å². The molecular weight excluding hydrogens is 353 g/mol. The molecule has 0 radical (unpaired) electrons. The molecule has 0 spiro atoms. The molecule has 0 amide bonds. The molecule has 1 aromatic carbocycles. The van der Waals surface area contributed by atoms with E-state index in [0.717, 1.165) is 9.77 Å². The van der Waals surface area contributed by atoms with E-state index in [1.54, 1.807) is 18.2 Å². The average molecular weight is 363 g/mol. The van der Waals surface area contributed by atoms with Gasteiger partial charge in [0.2, 0.25) is 0 Å².